The van der Waals surface area contributed by atoms with Crippen LogP contribution in [0.25, 0.3) is 0 Å². The van der Waals surface area contributed by atoms with Gasteiger partial charge in [0.2, 0.25) is 0 Å². The lowest BCUT2D eigenvalue weighted by atomic mass is 10.1. The molecular weight excluding hydrogens is 334 g/mol. The fraction of sp³-hybridized carbons (Fsp3) is 0.263. The van der Waals surface area contributed by atoms with Gasteiger partial charge in [-0.05, 0) is 30.5 Å². The number of anilines is 1. The van der Waals surface area contributed by atoms with Gasteiger partial charge in [-0.2, -0.15) is 0 Å². The maximum Gasteiger partial charge on any atom is 0.483 e. The molecule has 1 N–H and O–H groups in total. The number of rotatable bonds is 8. The van der Waals surface area contributed by atoms with Crippen LogP contribution in [0.15, 0.2) is 54.6 Å². The molecule has 0 heterocycles. The monoisotopic (exact) mass is 357 g/mol. The Hall–Kier alpha value is -2.60. The molecule has 0 amide bonds. The van der Waals surface area contributed by atoms with Gasteiger partial charge in [-0.1, -0.05) is 42.5 Å². The average Bonchev–Trinajstić information content (AvgIpc) is 2.58. The number of para-hydroxylation sites is 1. The minimum absolute atomic E-state index is 0.432. The predicted octanol–water partition coefficient (Wildman–Crippen LogP) is 2.29. The molecule has 0 aromatic heterocycles. The normalized spacial score (nSPS) is 10.4. The number of aryl methyl sites for hydroxylation is 1. The molecule has 0 aliphatic heterocycles. The van der Waals surface area contributed by atoms with E-state index >= 15 is 0 Å². The van der Waals surface area contributed by atoms with E-state index in [1.54, 1.807) is 0 Å². The van der Waals surface area contributed by atoms with Crippen molar-refractivity contribution in [2.75, 3.05) is 11.9 Å². The van der Waals surface area contributed by atoms with Crippen LogP contribution in [0.1, 0.15) is 25.8 Å². The van der Waals surface area contributed by atoms with Gasteiger partial charge in [0.15, 0.2) is 0 Å². The van der Waals surface area contributed by atoms with Crippen molar-refractivity contribution in [1.82, 2.24) is 0 Å². The van der Waals surface area contributed by atoms with Crippen molar-refractivity contribution in [2.24, 2.45) is 0 Å². The molecule has 6 heteroatoms. The summed E-state index contributed by atoms with van der Waals surface area (Å²) in [6.45, 7) is 3.48. The Bertz CT molecular complexity index is 690. The van der Waals surface area contributed by atoms with Gasteiger partial charge >= 0.3 is 9.28 Å². The Labute approximate surface area is 149 Å². The second-order valence-electron chi connectivity index (χ2n) is 5.65. The van der Waals surface area contributed by atoms with Crippen LogP contribution >= 0.6 is 0 Å². The van der Waals surface area contributed by atoms with Gasteiger partial charge < -0.3 is 14.2 Å². The Kier molecular flexibility index (Phi) is 7.22. The first-order valence-electron chi connectivity index (χ1n) is 8.27. The first-order chi connectivity index (χ1) is 12.1. The van der Waals surface area contributed by atoms with Crippen molar-refractivity contribution < 1.29 is 18.4 Å². The number of carbonyl (C=O) groups excluding carboxylic acids is 2. The van der Waals surface area contributed by atoms with E-state index in [0.29, 0.717) is 0 Å². The van der Waals surface area contributed by atoms with Crippen molar-refractivity contribution in [3.8, 4) is 0 Å². The molecule has 0 atom stereocenters. The Morgan fingerprint density at radius 3 is 2.16 bits per heavy atom. The summed E-state index contributed by atoms with van der Waals surface area (Å²) in [5.74, 6) is -0.864. The highest BCUT2D eigenvalue weighted by Crippen LogP contribution is 2.08. The average molecular weight is 357 g/mol. The van der Waals surface area contributed by atoms with Gasteiger partial charge in [-0.15, -0.1) is 0 Å². The first kappa shape index (κ1) is 18.7. The van der Waals surface area contributed by atoms with Gasteiger partial charge in [-0.25, -0.2) is 0 Å². The van der Waals surface area contributed by atoms with Gasteiger partial charge in [0.25, 0.3) is 11.9 Å². The SMILES string of the molecule is CC(=O)O[SiH](OC(C)=O)c1ccccc1CCCNc1ccccc1. The van der Waals surface area contributed by atoms with Gasteiger partial charge in [0.05, 0.1) is 0 Å². The molecule has 2 aromatic rings. The molecule has 132 valence electrons. The summed E-state index contributed by atoms with van der Waals surface area (Å²) >= 11 is 0. The molecule has 0 aliphatic carbocycles. The molecule has 0 radical (unpaired) electrons. The minimum atomic E-state index is -2.58. The summed E-state index contributed by atoms with van der Waals surface area (Å²) in [4.78, 5) is 22.7. The van der Waals surface area contributed by atoms with E-state index in [1.807, 2.05) is 54.6 Å². The maximum atomic E-state index is 11.3. The van der Waals surface area contributed by atoms with E-state index < -0.39 is 21.2 Å². The van der Waals surface area contributed by atoms with Crippen LogP contribution in [0.3, 0.4) is 0 Å². The molecule has 2 aromatic carbocycles. The zero-order chi connectivity index (χ0) is 18.1. The van der Waals surface area contributed by atoms with E-state index in [0.717, 1.165) is 35.8 Å². The molecule has 5 nitrogen and oxygen atoms in total. The van der Waals surface area contributed by atoms with Gasteiger partial charge in [-0.3, -0.25) is 9.59 Å². The van der Waals surface area contributed by atoms with Crippen LogP contribution in [0.2, 0.25) is 0 Å². The largest absolute Gasteiger partial charge is 0.484 e. The van der Waals surface area contributed by atoms with Gasteiger partial charge in [0.1, 0.15) is 0 Å². The summed E-state index contributed by atoms with van der Waals surface area (Å²) in [6, 6.07) is 17.7. The van der Waals surface area contributed by atoms with E-state index in [-0.39, 0.29) is 0 Å². The van der Waals surface area contributed by atoms with Crippen molar-refractivity contribution >= 4 is 32.1 Å². The third-order valence-corrected chi connectivity index (χ3v) is 5.74. The third kappa shape index (κ3) is 6.43. The molecule has 0 saturated carbocycles. The van der Waals surface area contributed by atoms with Gasteiger partial charge in [0, 0.05) is 31.3 Å². The van der Waals surface area contributed by atoms with Crippen LogP contribution in [-0.2, 0) is 24.9 Å². The lowest BCUT2D eigenvalue weighted by molar-refractivity contribution is -0.137. The van der Waals surface area contributed by atoms with Crippen LogP contribution in [-0.4, -0.2) is 27.8 Å². The summed E-state index contributed by atoms with van der Waals surface area (Å²) in [5.41, 5.74) is 2.14. The summed E-state index contributed by atoms with van der Waals surface area (Å²) in [5, 5.41) is 4.21. The second-order valence-corrected chi connectivity index (χ2v) is 7.40. The summed E-state index contributed by atoms with van der Waals surface area (Å²) < 4.78 is 10.6. The van der Waals surface area contributed by atoms with E-state index in [4.69, 9.17) is 8.85 Å². The summed E-state index contributed by atoms with van der Waals surface area (Å²) in [6.07, 6.45) is 1.72. The van der Waals surface area contributed by atoms with Crippen LogP contribution in [0, 0.1) is 0 Å². The Morgan fingerprint density at radius 2 is 1.52 bits per heavy atom. The van der Waals surface area contributed by atoms with E-state index in [9.17, 15) is 9.59 Å². The minimum Gasteiger partial charge on any atom is -0.484 e. The lowest BCUT2D eigenvalue weighted by Gasteiger charge is -2.18. The third-order valence-electron chi connectivity index (χ3n) is 3.58. The molecule has 0 unspecified atom stereocenters. The fourth-order valence-electron chi connectivity index (χ4n) is 2.51. The molecule has 0 bridgehead atoms. The van der Waals surface area contributed by atoms with Crippen molar-refractivity contribution in [3.05, 3.63) is 60.2 Å². The van der Waals surface area contributed by atoms with Crippen LogP contribution in [0.4, 0.5) is 5.69 Å². The second kappa shape index (κ2) is 9.63. The van der Waals surface area contributed by atoms with Crippen LogP contribution < -0.4 is 10.5 Å². The van der Waals surface area contributed by atoms with Crippen molar-refractivity contribution in [2.45, 2.75) is 26.7 Å². The van der Waals surface area contributed by atoms with E-state index in [2.05, 4.69) is 5.32 Å². The molecule has 0 fully saturated rings. The number of carbonyl (C=O) groups is 2. The highest BCUT2D eigenvalue weighted by atomic mass is 28.3. The molecule has 0 spiro atoms. The number of hydrogen-bond acceptors (Lipinski definition) is 5. The smallest absolute Gasteiger partial charge is 0.483 e. The predicted molar refractivity (Wildman–Crippen MR) is 100 cm³/mol. The standard InChI is InChI=1S/C19H23NO4Si/c1-15(21)23-25(24-16(2)22)19-13-7-6-9-17(19)10-8-14-20-18-11-4-3-5-12-18/h3-7,9,11-13,20,25H,8,10,14H2,1-2H3. The lowest BCUT2D eigenvalue weighted by Crippen LogP contribution is -2.41. The number of hydrogen-bond donors (Lipinski definition) is 1. The molecular formula is C19H23NO4Si. The maximum absolute atomic E-state index is 11.3. The van der Waals surface area contributed by atoms with Crippen molar-refractivity contribution in [1.29, 1.82) is 0 Å². The molecule has 0 aliphatic rings. The Balaban J connectivity index is 2.00. The molecule has 0 saturated heterocycles. The Morgan fingerprint density at radius 1 is 0.920 bits per heavy atom. The first-order valence-corrected chi connectivity index (χ1v) is 9.79. The quantitative estimate of drug-likeness (QED) is 0.580. The molecule has 25 heavy (non-hydrogen) atoms. The number of nitrogens with one attached hydrogen (secondary N) is 1. The highest BCUT2D eigenvalue weighted by Gasteiger charge is 2.25. The molecule has 2 rings (SSSR count). The van der Waals surface area contributed by atoms with Crippen LogP contribution in [0.5, 0.6) is 0 Å². The topological polar surface area (TPSA) is 64.6 Å². The van der Waals surface area contributed by atoms with E-state index in [1.165, 1.54) is 13.8 Å². The highest BCUT2D eigenvalue weighted by molar-refractivity contribution is 6.64. The fourth-order valence-corrected chi connectivity index (χ4v) is 4.23. The van der Waals surface area contributed by atoms with Crippen molar-refractivity contribution in [3.63, 3.8) is 0 Å². The number of benzene rings is 2. The summed E-state index contributed by atoms with van der Waals surface area (Å²) in [7, 11) is -2.58. The zero-order valence-corrected chi connectivity index (χ0v) is 15.7. The zero-order valence-electron chi connectivity index (χ0n) is 14.5.